The molecule has 142 valence electrons. The van der Waals surface area contributed by atoms with Crippen LogP contribution in [-0.4, -0.2) is 33.7 Å². The number of rotatable bonds is 3. The molecule has 8 nitrogen and oxygen atoms in total. The molecule has 2 N–H and O–H groups in total. The van der Waals surface area contributed by atoms with E-state index in [4.69, 9.17) is 9.26 Å². The first-order chi connectivity index (χ1) is 12.6. The highest BCUT2D eigenvalue weighted by atomic mass is 16.6. The first kappa shape index (κ1) is 18.6. The summed E-state index contributed by atoms with van der Waals surface area (Å²) in [7, 11) is 0. The lowest BCUT2D eigenvalue weighted by Gasteiger charge is -2.21. The number of benzene rings is 1. The number of carboxylic acid groups (broad SMARTS) is 1. The van der Waals surface area contributed by atoms with Crippen molar-refractivity contribution in [3.05, 3.63) is 40.8 Å². The van der Waals surface area contributed by atoms with Gasteiger partial charge in [-0.1, -0.05) is 11.2 Å². The maximum atomic E-state index is 12.7. The van der Waals surface area contributed by atoms with E-state index < -0.39 is 29.5 Å². The number of amides is 1. The maximum Gasteiger partial charge on any atom is 0.335 e. The van der Waals surface area contributed by atoms with Gasteiger partial charge in [0.15, 0.2) is 5.76 Å². The minimum Gasteiger partial charge on any atom is -0.478 e. The highest BCUT2D eigenvalue weighted by Crippen LogP contribution is 2.38. The van der Waals surface area contributed by atoms with Crippen molar-refractivity contribution in [2.45, 2.75) is 45.8 Å². The number of hydrogen-bond acceptors (Lipinski definition) is 6. The number of carbonyl (C=O) groups excluding carboxylic acids is 2. The Kier molecular flexibility index (Phi) is 4.51. The number of carboxylic acids is 1. The Labute approximate surface area is 155 Å². The molecule has 0 spiro atoms. The molecule has 0 saturated heterocycles. The molecule has 0 saturated carbocycles. The van der Waals surface area contributed by atoms with Gasteiger partial charge in [-0.15, -0.1) is 0 Å². The number of aromatic carboxylic acids is 1. The molecule has 27 heavy (non-hydrogen) atoms. The Morgan fingerprint density at radius 3 is 2.63 bits per heavy atom. The number of hydrogen-bond donors (Lipinski definition) is 2. The Bertz CT molecular complexity index is 938. The predicted octanol–water partition coefficient (Wildman–Crippen LogP) is 2.86. The Balaban J connectivity index is 2.04. The van der Waals surface area contributed by atoms with E-state index in [-0.39, 0.29) is 17.5 Å². The smallest absolute Gasteiger partial charge is 0.335 e. The number of esters is 1. The molecular formula is C19H20N2O6. The van der Waals surface area contributed by atoms with Crippen molar-refractivity contribution in [3.63, 3.8) is 0 Å². The Morgan fingerprint density at radius 1 is 1.30 bits per heavy atom. The van der Waals surface area contributed by atoms with E-state index in [1.54, 1.807) is 33.8 Å². The SMILES string of the molecule is Cc1noc2c1-c1ccc(C(=O)O)cc1C(=O)NC2CC(=O)OC(C)(C)C. The second-order valence-corrected chi connectivity index (χ2v) is 7.39. The summed E-state index contributed by atoms with van der Waals surface area (Å²) in [6.07, 6.45) is -0.135. The van der Waals surface area contributed by atoms with Crippen molar-refractivity contribution < 1.29 is 28.8 Å². The number of aromatic nitrogens is 1. The molecule has 1 aliphatic heterocycles. The molecule has 1 aromatic carbocycles. The summed E-state index contributed by atoms with van der Waals surface area (Å²) < 4.78 is 10.7. The van der Waals surface area contributed by atoms with E-state index in [0.29, 0.717) is 22.6 Å². The van der Waals surface area contributed by atoms with Crippen molar-refractivity contribution in [3.8, 4) is 11.1 Å². The molecular weight excluding hydrogens is 352 g/mol. The summed E-state index contributed by atoms with van der Waals surface area (Å²) in [5.74, 6) is -1.78. The molecule has 0 radical (unpaired) electrons. The zero-order valence-corrected chi connectivity index (χ0v) is 15.5. The fraction of sp³-hybridized carbons (Fsp3) is 0.368. The van der Waals surface area contributed by atoms with Crippen LogP contribution < -0.4 is 5.32 Å². The van der Waals surface area contributed by atoms with Crippen LogP contribution in [0.15, 0.2) is 22.7 Å². The first-order valence-corrected chi connectivity index (χ1v) is 8.43. The molecule has 0 bridgehead atoms. The van der Waals surface area contributed by atoms with E-state index in [9.17, 15) is 19.5 Å². The van der Waals surface area contributed by atoms with Crippen LogP contribution in [0.25, 0.3) is 11.1 Å². The zero-order valence-electron chi connectivity index (χ0n) is 15.5. The standard InChI is InChI=1S/C19H20N2O6/c1-9-15-11-6-5-10(18(24)25)7-12(11)17(23)20-13(16(15)27-21-9)8-14(22)26-19(2,3)4/h5-7,13H,8H2,1-4H3,(H,20,23)(H,24,25). The van der Waals surface area contributed by atoms with Crippen molar-refractivity contribution in [1.82, 2.24) is 10.5 Å². The third kappa shape index (κ3) is 3.69. The minimum atomic E-state index is -1.14. The molecule has 3 rings (SSSR count). The van der Waals surface area contributed by atoms with E-state index in [1.165, 1.54) is 12.1 Å². The van der Waals surface area contributed by atoms with Gasteiger partial charge in [-0.2, -0.15) is 0 Å². The van der Waals surface area contributed by atoms with Crippen molar-refractivity contribution >= 4 is 17.8 Å². The van der Waals surface area contributed by atoms with Crippen LogP contribution in [0, 0.1) is 6.92 Å². The molecule has 1 amide bonds. The molecule has 2 aromatic rings. The van der Waals surface area contributed by atoms with Gasteiger partial charge < -0.3 is 19.7 Å². The summed E-state index contributed by atoms with van der Waals surface area (Å²) in [5, 5.41) is 15.9. The zero-order chi connectivity index (χ0) is 19.9. The highest BCUT2D eigenvalue weighted by Gasteiger charge is 2.34. The summed E-state index contributed by atoms with van der Waals surface area (Å²) >= 11 is 0. The maximum absolute atomic E-state index is 12.7. The topological polar surface area (TPSA) is 119 Å². The van der Waals surface area contributed by atoms with Gasteiger partial charge in [-0.3, -0.25) is 9.59 Å². The molecule has 1 aliphatic rings. The second kappa shape index (κ2) is 6.53. The average molecular weight is 372 g/mol. The van der Waals surface area contributed by atoms with E-state index in [1.807, 2.05) is 0 Å². The number of aryl methyl sites for hydroxylation is 1. The fourth-order valence-electron chi connectivity index (χ4n) is 3.03. The molecule has 1 unspecified atom stereocenters. The summed E-state index contributed by atoms with van der Waals surface area (Å²) in [4.78, 5) is 36.2. The minimum absolute atomic E-state index is 0.00912. The Hall–Kier alpha value is -3.16. The van der Waals surface area contributed by atoms with Crippen molar-refractivity contribution in [2.24, 2.45) is 0 Å². The molecule has 0 aliphatic carbocycles. The molecule has 2 heterocycles. The van der Waals surface area contributed by atoms with Crippen LogP contribution >= 0.6 is 0 Å². The number of carbonyl (C=O) groups is 3. The van der Waals surface area contributed by atoms with Gasteiger partial charge in [0.1, 0.15) is 11.6 Å². The monoisotopic (exact) mass is 372 g/mol. The normalized spacial score (nSPS) is 16.0. The van der Waals surface area contributed by atoms with E-state index in [2.05, 4.69) is 10.5 Å². The van der Waals surface area contributed by atoms with Crippen molar-refractivity contribution in [1.29, 1.82) is 0 Å². The van der Waals surface area contributed by atoms with Gasteiger partial charge >= 0.3 is 11.9 Å². The number of fused-ring (bicyclic) bond motifs is 3. The van der Waals surface area contributed by atoms with Gasteiger partial charge in [0.25, 0.3) is 5.91 Å². The van der Waals surface area contributed by atoms with Gasteiger partial charge in [0.2, 0.25) is 0 Å². The van der Waals surface area contributed by atoms with Crippen LogP contribution in [0.4, 0.5) is 0 Å². The predicted molar refractivity (Wildman–Crippen MR) is 94.3 cm³/mol. The lowest BCUT2D eigenvalue weighted by molar-refractivity contribution is -0.155. The van der Waals surface area contributed by atoms with Crippen LogP contribution in [0.1, 0.15) is 65.4 Å². The van der Waals surface area contributed by atoms with Crippen LogP contribution in [0.5, 0.6) is 0 Å². The van der Waals surface area contributed by atoms with Crippen LogP contribution in [0.3, 0.4) is 0 Å². The lowest BCUT2D eigenvalue weighted by Crippen LogP contribution is -2.31. The number of nitrogens with one attached hydrogen (secondary N) is 1. The first-order valence-electron chi connectivity index (χ1n) is 8.43. The van der Waals surface area contributed by atoms with Crippen LogP contribution in [-0.2, 0) is 9.53 Å². The van der Waals surface area contributed by atoms with Crippen LogP contribution in [0.2, 0.25) is 0 Å². The third-order valence-corrected chi connectivity index (χ3v) is 4.08. The summed E-state index contributed by atoms with van der Waals surface area (Å²) in [6.45, 7) is 6.98. The second-order valence-electron chi connectivity index (χ2n) is 7.39. The molecule has 0 fully saturated rings. The molecule has 1 aromatic heterocycles. The largest absolute Gasteiger partial charge is 0.478 e. The van der Waals surface area contributed by atoms with E-state index >= 15 is 0 Å². The van der Waals surface area contributed by atoms with Gasteiger partial charge in [-0.25, -0.2) is 4.79 Å². The summed E-state index contributed by atoms with van der Waals surface area (Å²) in [6, 6.07) is 3.50. The average Bonchev–Trinajstić information content (AvgIpc) is 2.88. The number of nitrogens with zero attached hydrogens (tertiary/aromatic N) is 1. The third-order valence-electron chi connectivity index (χ3n) is 4.08. The number of ether oxygens (including phenoxy) is 1. The lowest BCUT2D eigenvalue weighted by atomic mass is 9.95. The molecule has 8 heteroatoms. The van der Waals surface area contributed by atoms with E-state index in [0.717, 1.165) is 0 Å². The molecule has 1 atom stereocenters. The van der Waals surface area contributed by atoms with Gasteiger partial charge in [0.05, 0.1) is 23.2 Å². The highest BCUT2D eigenvalue weighted by molar-refractivity contribution is 6.05. The van der Waals surface area contributed by atoms with Gasteiger partial charge in [-0.05, 0) is 45.4 Å². The van der Waals surface area contributed by atoms with Crippen molar-refractivity contribution in [2.75, 3.05) is 0 Å². The van der Waals surface area contributed by atoms with Gasteiger partial charge in [0, 0.05) is 5.56 Å². The fourth-order valence-corrected chi connectivity index (χ4v) is 3.03. The quantitative estimate of drug-likeness (QED) is 0.795. The summed E-state index contributed by atoms with van der Waals surface area (Å²) in [5.41, 5.74) is 1.15. The Morgan fingerprint density at radius 2 is 2.00 bits per heavy atom.